The highest BCUT2D eigenvalue weighted by Gasteiger charge is 2.25. The standard InChI is InChI=1S/C15H23FN2O/c1-10-7-15(13(12(3)19)8-14(10)16)18-6-5-17(4)9-11(18)2/h7-8,11-12,19H,5-6,9H2,1-4H3/t11?,12-/m1/s1. The Morgan fingerprint density at radius 1 is 1.37 bits per heavy atom. The maximum atomic E-state index is 13.7. The summed E-state index contributed by atoms with van der Waals surface area (Å²) < 4.78 is 13.7. The summed E-state index contributed by atoms with van der Waals surface area (Å²) in [4.78, 5) is 4.56. The first-order chi connectivity index (χ1) is 8.90. The van der Waals surface area contributed by atoms with Gasteiger partial charge in [0.2, 0.25) is 0 Å². The Bertz CT molecular complexity index is 462. The van der Waals surface area contributed by atoms with Crippen LogP contribution in [0.3, 0.4) is 0 Å². The number of nitrogens with zero attached hydrogens (tertiary/aromatic N) is 2. The molecule has 1 aliphatic rings. The van der Waals surface area contributed by atoms with Crippen LogP contribution >= 0.6 is 0 Å². The summed E-state index contributed by atoms with van der Waals surface area (Å²) in [5.74, 6) is -0.249. The van der Waals surface area contributed by atoms with E-state index in [1.54, 1.807) is 13.8 Å². The fourth-order valence-electron chi connectivity index (χ4n) is 2.76. The van der Waals surface area contributed by atoms with Crippen molar-refractivity contribution in [3.05, 3.63) is 29.1 Å². The van der Waals surface area contributed by atoms with E-state index in [9.17, 15) is 9.50 Å². The second-order valence-corrected chi connectivity index (χ2v) is 5.64. The maximum absolute atomic E-state index is 13.7. The Morgan fingerprint density at radius 3 is 2.63 bits per heavy atom. The minimum absolute atomic E-state index is 0.249. The van der Waals surface area contributed by atoms with Crippen LogP contribution in [0.2, 0.25) is 0 Å². The summed E-state index contributed by atoms with van der Waals surface area (Å²) in [5.41, 5.74) is 2.28. The summed E-state index contributed by atoms with van der Waals surface area (Å²) in [7, 11) is 2.11. The smallest absolute Gasteiger partial charge is 0.126 e. The summed E-state index contributed by atoms with van der Waals surface area (Å²) >= 11 is 0. The lowest BCUT2D eigenvalue weighted by Gasteiger charge is -2.41. The van der Waals surface area contributed by atoms with Crippen molar-refractivity contribution in [2.45, 2.75) is 32.9 Å². The first-order valence-corrected chi connectivity index (χ1v) is 6.83. The van der Waals surface area contributed by atoms with E-state index in [0.29, 0.717) is 17.2 Å². The minimum Gasteiger partial charge on any atom is -0.389 e. The van der Waals surface area contributed by atoms with Gasteiger partial charge in [0.25, 0.3) is 0 Å². The molecule has 0 amide bonds. The lowest BCUT2D eigenvalue weighted by Crippen LogP contribution is -2.50. The topological polar surface area (TPSA) is 26.7 Å². The molecule has 2 rings (SSSR count). The molecule has 1 aromatic carbocycles. The SMILES string of the molecule is Cc1cc(N2CCN(C)CC2C)c([C@@H](C)O)cc1F. The normalized spacial score (nSPS) is 22.6. The first kappa shape index (κ1) is 14.3. The van der Waals surface area contributed by atoms with Crippen molar-refractivity contribution in [1.82, 2.24) is 4.90 Å². The highest BCUT2D eigenvalue weighted by Crippen LogP contribution is 2.31. The fourth-order valence-corrected chi connectivity index (χ4v) is 2.76. The Labute approximate surface area is 114 Å². The molecule has 1 heterocycles. The Morgan fingerprint density at radius 2 is 2.05 bits per heavy atom. The number of halogens is 1. The van der Waals surface area contributed by atoms with E-state index in [1.807, 2.05) is 6.07 Å². The predicted octanol–water partition coefficient (Wildman–Crippen LogP) is 2.33. The lowest BCUT2D eigenvalue weighted by molar-refractivity contribution is 0.198. The summed E-state index contributed by atoms with van der Waals surface area (Å²) in [5, 5.41) is 9.89. The molecule has 1 unspecified atom stereocenters. The molecule has 2 atom stereocenters. The molecule has 0 saturated carbocycles. The van der Waals surface area contributed by atoms with Gasteiger partial charge < -0.3 is 14.9 Å². The molecule has 0 spiro atoms. The van der Waals surface area contributed by atoms with Crippen molar-refractivity contribution in [3.8, 4) is 0 Å². The second kappa shape index (κ2) is 5.47. The largest absolute Gasteiger partial charge is 0.389 e. The molecular formula is C15H23FN2O. The van der Waals surface area contributed by atoms with Gasteiger partial charge in [0.05, 0.1) is 6.10 Å². The highest BCUT2D eigenvalue weighted by atomic mass is 19.1. The van der Waals surface area contributed by atoms with Crippen LogP contribution in [-0.2, 0) is 0 Å². The van der Waals surface area contributed by atoms with E-state index in [-0.39, 0.29) is 5.82 Å². The van der Waals surface area contributed by atoms with E-state index in [4.69, 9.17) is 0 Å². The average molecular weight is 266 g/mol. The first-order valence-electron chi connectivity index (χ1n) is 6.83. The van der Waals surface area contributed by atoms with Gasteiger partial charge in [-0.3, -0.25) is 0 Å². The number of hydrogen-bond acceptors (Lipinski definition) is 3. The van der Waals surface area contributed by atoms with Crippen molar-refractivity contribution in [3.63, 3.8) is 0 Å². The van der Waals surface area contributed by atoms with E-state index in [1.165, 1.54) is 6.07 Å². The van der Waals surface area contributed by atoms with E-state index in [2.05, 4.69) is 23.8 Å². The predicted molar refractivity (Wildman–Crippen MR) is 76.1 cm³/mol. The molecule has 0 aliphatic carbocycles. The lowest BCUT2D eigenvalue weighted by atomic mass is 10.0. The van der Waals surface area contributed by atoms with Gasteiger partial charge in [0.15, 0.2) is 0 Å². The molecule has 0 bridgehead atoms. The number of rotatable bonds is 2. The highest BCUT2D eigenvalue weighted by molar-refractivity contribution is 5.57. The van der Waals surface area contributed by atoms with Crippen molar-refractivity contribution in [2.75, 3.05) is 31.6 Å². The van der Waals surface area contributed by atoms with Crippen LogP contribution in [0, 0.1) is 12.7 Å². The van der Waals surface area contributed by atoms with Gasteiger partial charge in [-0.2, -0.15) is 0 Å². The number of benzene rings is 1. The van der Waals surface area contributed by atoms with Crippen molar-refractivity contribution < 1.29 is 9.50 Å². The van der Waals surface area contributed by atoms with E-state index in [0.717, 1.165) is 25.3 Å². The van der Waals surface area contributed by atoms with Crippen molar-refractivity contribution in [2.24, 2.45) is 0 Å². The zero-order chi connectivity index (χ0) is 14.2. The monoisotopic (exact) mass is 266 g/mol. The molecule has 1 aromatic rings. The number of piperazine rings is 1. The molecule has 19 heavy (non-hydrogen) atoms. The van der Waals surface area contributed by atoms with Gasteiger partial charge in [0.1, 0.15) is 5.82 Å². The van der Waals surface area contributed by atoms with Gasteiger partial charge >= 0.3 is 0 Å². The zero-order valence-corrected chi connectivity index (χ0v) is 12.2. The van der Waals surface area contributed by atoms with E-state index >= 15 is 0 Å². The van der Waals surface area contributed by atoms with Crippen LogP contribution in [0.4, 0.5) is 10.1 Å². The van der Waals surface area contributed by atoms with Crippen LogP contribution in [0.25, 0.3) is 0 Å². The third-order valence-corrected chi connectivity index (χ3v) is 3.90. The maximum Gasteiger partial charge on any atom is 0.126 e. The van der Waals surface area contributed by atoms with Crippen LogP contribution in [0.15, 0.2) is 12.1 Å². The third-order valence-electron chi connectivity index (χ3n) is 3.90. The Hall–Kier alpha value is -1.13. The molecule has 1 N–H and O–H groups in total. The molecule has 1 fully saturated rings. The molecule has 4 heteroatoms. The van der Waals surface area contributed by atoms with Crippen LogP contribution in [0.5, 0.6) is 0 Å². The number of aliphatic hydroxyl groups excluding tert-OH is 1. The van der Waals surface area contributed by atoms with Crippen LogP contribution < -0.4 is 4.90 Å². The number of aliphatic hydroxyl groups is 1. The Kier molecular flexibility index (Phi) is 4.11. The van der Waals surface area contributed by atoms with Gasteiger partial charge in [-0.25, -0.2) is 4.39 Å². The third kappa shape index (κ3) is 2.90. The summed E-state index contributed by atoms with van der Waals surface area (Å²) in [6.07, 6.45) is -0.656. The van der Waals surface area contributed by atoms with Gasteiger partial charge in [-0.05, 0) is 45.5 Å². The molecule has 0 radical (unpaired) electrons. The second-order valence-electron chi connectivity index (χ2n) is 5.64. The van der Waals surface area contributed by atoms with Gasteiger partial charge in [0, 0.05) is 36.9 Å². The van der Waals surface area contributed by atoms with Crippen LogP contribution in [-0.4, -0.2) is 42.7 Å². The quantitative estimate of drug-likeness (QED) is 0.890. The average Bonchev–Trinajstić information content (AvgIpc) is 2.32. The van der Waals surface area contributed by atoms with Crippen molar-refractivity contribution >= 4 is 5.69 Å². The fraction of sp³-hybridized carbons (Fsp3) is 0.600. The molecular weight excluding hydrogens is 243 g/mol. The minimum atomic E-state index is -0.656. The number of likely N-dealkylation sites (N-methyl/N-ethyl adjacent to an activating group) is 1. The van der Waals surface area contributed by atoms with Gasteiger partial charge in [-0.1, -0.05) is 0 Å². The number of aryl methyl sites for hydroxylation is 1. The molecule has 106 valence electrons. The zero-order valence-electron chi connectivity index (χ0n) is 12.2. The van der Waals surface area contributed by atoms with Gasteiger partial charge in [-0.15, -0.1) is 0 Å². The van der Waals surface area contributed by atoms with E-state index < -0.39 is 6.10 Å². The van der Waals surface area contributed by atoms with Crippen molar-refractivity contribution in [1.29, 1.82) is 0 Å². The molecule has 1 saturated heterocycles. The molecule has 3 nitrogen and oxygen atoms in total. The summed E-state index contributed by atoms with van der Waals surface area (Å²) in [6.45, 7) is 8.50. The van der Waals surface area contributed by atoms with Crippen LogP contribution in [0.1, 0.15) is 31.1 Å². The summed E-state index contributed by atoms with van der Waals surface area (Å²) in [6, 6.07) is 3.70. The Balaban J connectivity index is 2.40. The molecule has 1 aliphatic heterocycles. The number of anilines is 1. The molecule has 0 aromatic heterocycles. The number of hydrogen-bond donors (Lipinski definition) is 1.